The maximum Gasteiger partial charge on any atom is 0.337 e. The molecular weight excluding hydrogens is 228 g/mol. The molecule has 0 aliphatic carbocycles. The third-order valence-corrected chi connectivity index (χ3v) is 3.52. The first-order chi connectivity index (χ1) is 8.33. The van der Waals surface area contributed by atoms with E-state index in [1.807, 2.05) is 0 Å². The Morgan fingerprint density at radius 3 is 2.56 bits per heavy atom. The molecule has 100 valence electrons. The van der Waals surface area contributed by atoms with E-state index in [4.69, 9.17) is 5.11 Å². The molecule has 4 nitrogen and oxygen atoms in total. The second-order valence-corrected chi connectivity index (χ2v) is 5.59. The molecule has 0 aliphatic rings. The zero-order chi connectivity index (χ0) is 13.8. The van der Waals surface area contributed by atoms with E-state index in [-0.39, 0.29) is 11.0 Å². The summed E-state index contributed by atoms with van der Waals surface area (Å²) in [6.07, 6.45) is 1.40. The van der Waals surface area contributed by atoms with Crippen LogP contribution in [0.1, 0.15) is 43.7 Å². The van der Waals surface area contributed by atoms with Gasteiger partial charge in [0.2, 0.25) is 0 Å². The minimum absolute atomic E-state index is 0.223. The molecule has 0 spiro atoms. The molecule has 0 radical (unpaired) electrons. The normalized spacial score (nSPS) is 11.8. The highest BCUT2D eigenvalue weighted by Gasteiger charge is 2.21. The molecular formula is C14H22N2O2. The Balaban J connectivity index is 2.47. The van der Waals surface area contributed by atoms with Crippen molar-refractivity contribution in [1.82, 2.24) is 10.3 Å². The molecule has 2 N–H and O–H groups in total. The molecule has 0 fully saturated rings. The van der Waals surface area contributed by atoms with Crippen molar-refractivity contribution in [3.05, 3.63) is 29.6 Å². The van der Waals surface area contributed by atoms with Crippen molar-refractivity contribution in [1.29, 1.82) is 0 Å². The summed E-state index contributed by atoms with van der Waals surface area (Å²) >= 11 is 0. The molecule has 1 aromatic heterocycles. The molecule has 1 heterocycles. The molecule has 0 atom stereocenters. The fraction of sp³-hybridized carbons (Fsp3) is 0.571. The minimum Gasteiger partial charge on any atom is -0.478 e. The van der Waals surface area contributed by atoms with Gasteiger partial charge in [-0.2, -0.15) is 0 Å². The quantitative estimate of drug-likeness (QED) is 0.814. The van der Waals surface area contributed by atoms with Crippen LogP contribution < -0.4 is 5.32 Å². The number of nitrogens with zero attached hydrogens (tertiary/aromatic N) is 1. The first kappa shape index (κ1) is 14.6. The summed E-state index contributed by atoms with van der Waals surface area (Å²) in [5.41, 5.74) is 1.32. The summed E-state index contributed by atoms with van der Waals surface area (Å²) in [6, 6.07) is 3.33. The molecule has 0 saturated carbocycles. The predicted octanol–water partition coefficient (Wildman–Crippen LogP) is 2.55. The van der Waals surface area contributed by atoms with Gasteiger partial charge in [0, 0.05) is 19.3 Å². The lowest BCUT2D eigenvalue weighted by Crippen LogP contribution is -2.33. The van der Waals surface area contributed by atoms with Crippen molar-refractivity contribution in [2.24, 2.45) is 11.3 Å². The summed E-state index contributed by atoms with van der Waals surface area (Å²) in [5, 5.41) is 12.1. The van der Waals surface area contributed by atoms with E-state index in [0.717, 1.165) is 12.2 Å². The van der Waals surface area contributed by atoms with Crippen LogP contribution in [0, 0.1) is 11.3 Å². The summed E-state index contributed by atoms with van der Waals surface area (Å²) in [6.45, 7) is 10.4. The summed E-state index contributed by atoms with van der Waals surface area (Å²) in [4.78, 5) is 14.8. The van der Waals surface area contributed by atoms with E-state index in [1.54, 1.807) is 12.1 Å². The molecule has 0 bridgehead atoms. The highest BCUT2D eigenvalue weighted by atomic mass is 16.4. The molecule has 0 saturated heterocycles. The van der Waals surface area contributed by atoms with Gasteiger partial charge in [0.15, 0.2) is 0 Å². The Morgan fingerprint density at radius 1 is 1.44 bits per heavy atom. The Kier molecular flexibility index (Phi) is 4.84. The number of aromatic nitrogens is 1. The summed E-state index contributed by atoms with van der Waals surface area (Å²) in [7, 11) is 0. The van der Waals surface area contributed by atoms with Crippen LogP contribution in [-0.2, 0) is 6.54 Å². The molecule has 18 heavy (non-hydrogen) atoms. The van der Waals surface area contributed by atoms with E-state index >= 15 is 0 Å². The van der Waals surface area contributed by atoms with Crippen LogP contribution >= 0.6 is 0 Å². The number of carbonyl (C=O) groups is 1. The molecule has 0 unspecified atom stereocenters. The number of carboxylic acid groups (broad SMARTS) is 1. The second kappa shape index (κ2) is 5.96. The van der Waals surface area contributed by atoms with E-state index in [9.17, 15) is 4.79 Å². The minimum atomic E-state index is -0.942. The third kappa shape index (κ3) is 4.11. The molecule has 1 rings (SSSR count). The van der Waals surface area contributed by atoms with Crippen molar-refractivity contribution >= 4 is 5.97 Å². The van der Waals surface area contributed by atoms with Crippen molar-refractivity contribution in [2.75, 3.05) is 6.54 Å². The predicted molar refractivity (Wildman–Crippen MR) is 71.5 cm³/mol. The first-order valence-corrected chi connectivity index (χ1v) is 6.22. The Bertz CT molecular complexity index is 397. The lowest BCUT2D eigenvalue weighted by atomic mass is 9.81. The smallest absolute Gasteiger partial charge is 0.337 e. The number of hydrogen-bond donors (Lipinski definition) is 2. The van der Waals surface area contributed by atoms with Crippen LogP contribution in [0.5, 0.6) is 0 Å². The van der Waals surface area contributed by atoms with Crippen LogP contribution in [0.25, 0.3) is 0 Å². The average molecular weight is 250 g/mol. The van der Waals surface area contributed by atoms with Gasteiger partial charge in [0.05, 0.1) is 11.3 Å². The van der Waals surface area contributed by atoms with Gasteiger partial charge in [-0.15, -0.1) is 0 Å². The van der Waals surface area contributed by atoms with Gasteiger partial charge in [0.25, 0.3) is 0 Å². The van der Waals surface area contributed by atoms with Crippen LogP contribution in [0.2, 0.25) is 0 Å². The molecule has 0 aliphatic heterocycles. The Labute approximate surface area is 108 Å². The topological polar surface area (TPSA) is 62.2 Å². The van der Waals surface area contributed by atoms with Gasteiger partial charge in [-0.1, -0.05) is 27.7 Å². The lowest BCUT2D eigenvalue weighted by Gasteiger charge is -2.29. The van der Waals surface area contributed by atoms with Gasteiger partial charge < -0.3 is 10.4 Å². The standard InChI is InChI=1S/C14H22N2O2/c1-10(2)14(3,4)9-15-8-12-6-5-11(7-16-12)13(17)18/h5-7,10,15H,8-9H2,1-4H3,(H,17,18). The van der Waals surface area contributed by atoms with Gasteiger partial charge in [-0.25, -0.2) is 4.79 Å². The number of nitrogens with one attached hydrogen (secondary N) is 1. The van der Waals surface area contributed by atoms with Gasteiger partial charge in [-0.3, -0.25) is 4.98 Å². The van der Waals surface area contributed by atoms with Crippen LogP contribution in [0.3, 0.4) is 0 Å². The fourth-order valence-corrected chi connectivity index (χ4v) is 1.37. The second-order valence-electron chi connectivity index (χ2n) is 5.59. The SMILES string of the molecule is CC(C)C(C)(C)CNCc1ccc(C(=O)O)cn1. The van der Waals surface area contributed by atoms with Crippen LogP contribution in [0.4, 0.5) is 0 Å². The molecule has 0 aromatic carbocycles. The summed E-state index contributed by atoms with van der Waals surface area (Å²) < 4.78 is 0. The van der Waals surface area contributed by atoms with E-state index < -0.39 is 5.97 Å². The Hall–Kier alpha value is -1.42. The number of hydrogen-bond acceptors (Lipinski definition) is 3. The highest BCUT2D eigenvalue weighted by Crippen LogP contribution is 2.24. The zero-order valence-electron chi connectivity index (χ0n) is 11.5. The average Bonchev–Trinajstić information content (AvgIpc) is 2.29. The number of aromatic carboxylic acids is 1. The van der Waals surface area contributed by atoms with Crippen molar-refractivity contribution < 1.29 is 9.90 Å². The van der Waals surface area contributed by atoms with E-state index in [1.165, 1.54) is 6.20 Å². The van der Waals surface area contributed by atoms with Crippen LogP contribution in [0.15, 0.2) is 18.3 Å². The van der Waals surface area contributed by atoms with Crippen molar-refractivity contribution in [3.63, 3.8) is 0 Å². The molecule has 0 amide bonds. The van der Waals surface area contributed by atoms with Crippen LogP contribution in [-0.4, -0.2) is 22.6 Å². The van der Waals surface area contributed by atoms with Crippen molar-refractivity contribution in [3.8, 4) is 0 Å². The number of carboxylic acids is 1. The van der Waals surface area contributed by atoms with Gasteiger partial charge in [-0.05, 0) is 23.5 Å². The van der Waals surface area contributed by atoms with Gasteiger partial charge >= 0.3 is 5.97 Å². The zero-order valence-corrected chi connectivity index (χ0v) is 11.5. The van der Waals surface area contributed by atoms with E-state index in [0.29, 0.717) is 12.5 Å². The molecule has 4 heteroatoms. The highest BCUT2D eigenvalue weighted by molar-refractivity contribution is 5.87. The monoisotopic (exact) mass is 250 g/mol. The number of pyridine rings is 1. The van der Waals surface area contributed by atoms with Gasteiger partial charge in [0.1, 0.15) is 0 Å². The third-order valence-electron chi connectivity index (χ3n) is 3.52. The van der Waals surface area contributed by atoms with Crippen molar-refractivity contribution in [2.45, 2.75) is 34.2 Å². The lowest BCUT2D eigenvalue weighted by molar-refractivity contribution is 0.0696. The number of rotatable bonds is 6. The first-order valence-electron chi connectivity index (χ1n) is 6.22. The maximum absolute atomic E-state index is 10.7. The maximum atomic E-state index is 10.7. The summed E-state index contributed by atoms with van der Waals surface area (Å²) in [5.74, 6) is -0.338. The Morgan fingerprint density at radius 2 is 2.11 bits per heavy atom. The fourth-order valence-electron chi connectivity index (χ4n) is 1.37. The largest absolute Gasteiger partial charge is 0.478 e. The molecule has 1 aromatic rings. The van der Waals surface area contributed by atoms with E-state index in [2.05, 4.69) is 38.0 Å².